The van der Waals surface area contributed by atoms with E-state index >= 15 is 0 Å². The minimum absolute atomic E-state index is 0.506. The molecule has 13 heavy (non-hydrogen) atoms. The molecule has 76 valence electrons. The van der Waals surface area contributed by atoms with Crippen LogP contribution in [-0.4, -0.2) is 19.3 Å². The summed E-state index contributed by atoms with van der Waals surface area (Å²) in [4.78, 5) is 0. The highest BCUT2D eigenvalue weighted by molar-refractivity contribution is 4.96. The van der Waals surface area contributed by atoms with E-state index in [2.05, 4.69) is 5.32 Å². The number of fused-ring (bicyclic) bond motifs is 1. The van der Waals surface area contributed by atoms with Crippen molar-refractivity contribution >= 4 is 0 Å². The van der Waals surface area contributed by atoms with Crippen LogP contribution in [-0.2, 0) is 0 Å². The molecule has 0 aromatic carbocycles. The average molecular weight is 193 g/mol. The summed E-state index contributed by atoms with van der Waals surface area (Å²) in [6.45, 7) is -0.286. The zero-order chi connectivity index (χ0) is 9.47. The van der Waals surface area contributed by atoms with Crippen LogP contribution < -0.4 is 5.32 Å². The van der Waals surface area contributed by atoms with Gasteiger partial charge >= 0.3 is 6.18 Å². The highest BCUT2D eigenvalue weighted by Crippen LogP contribution is 2.54. The van der Waals surface area contributed by atoms with Gasteiger partial charge in [-0.1, -0.05) is 0 Å². The van der Waals surface area contributed by atoms with Gasteiger partial charge in [0.25, 0.3) is 0 Å². The Balaban J connectivity index is 1.58. The molecule has 0 aromatic heterocycles. The summed E-state index contributed by atoms with van der Waals surface area (Å²) >= 11 is 0. The van der Waals surface area contributed by atoms with E-state index < -0.39 is 12.7 Å². The molecule has 2 rings (SSSR count). The van der Waals surface area contributed by atoms with Crippen LogP contribution in [0.25, 0.3) is 0 Å². The molecule has 0 aromatic rings. The lowest BCUT2D eigenvalue weighted by Gasteiger charge is -2.13. The Morgan fingerprint density at radius 2 is 1.69 bits per heavy atom. The molecular formula is C9H14F3N. The number of alkyl halides is 3. The molecule has 0 heterocycles. The summed E-state index contributed by atoms with van der Waals surface area (Å²) in [5, 5.41) is 2.48. The third-order valence-electron chi connectivity index (χ3n) is 3.10. The quantitative estimate of drug-likeness (QED) is 0.724. The largest absolute Gasteiger partial charge is 0.401 e. The molecule has 2 unspecified atom stereocenters. The molecule has 0 bridgehead atoms. The lowest BCUT2D eigenvalue weighted by atomic mass is 10.0. The summed E-state index contributed by atoms with van der Waals surface area (Å²) < 4.78 is 35.3. The fourth-order valence-corrected chi connectivity index (χ4v) is 2.42. The third-order valence-corrected chi connectivity index (χ3v) is 3.10. The number of rotatable bonds is 3. The monoisotopic (exact) mass is 193 g/mol. The van der Waals surface area contributed by atoms with Crippen LogP contribution in [0.15, 0.2) is 0 Å². The molecule has 0 saturated heterocycles. The molecule has 2 fully saturated rings. The van der Waals surface area contributed by atoms with Crippen molar-refractivity contribution in [3.05, 3.63) is 0 Å². The molecule has 2 aliphatic carbocycles. The summed E-state index contributed by atoms with van der Waals surface area (Å²) in [7, 11) is 0. The van der Waals surface area contributed by atoms with Gasteiger partial charge < -0.3 is 5.32 Å². The Bertz CT molecular complexity index is 180. The van der Waals surface area contributed by atoms with Crippen molar-refractivity contribution in [2.45, 2.75) is 25.4 Å². The fourth-order valence-electron chi connectivity index (χ4n) is 2.42. The highest BCUT2D eigenvalue weighted by atomic mass is 19.4. The Morgan fingerprint density at radius 3 is 2.23 bits per heavy atom. The number of nitrogens with one attached hydrogen (secondary N) is 1. The Kier molecular flexibility index (Phi) is 2.26. The van der Waals surface area contributed by atoms with Crippen molar-refractivity contribution in [2.24, 2.45) is 17.8 Å². The molecule has 0 amide bonds. The standard InChI is InChI=1S/C9H14F3N/c10-9(11,12)5-13-4-6-1-7-3-8(7)2-6/h6-8,13H,1-5H2. The number of hydrogen-bond acceptors (Lipinski definition) is 1. The van der Waals surface area contributed by atoms with Crippen LogP contribution in [0.1, 0.15) is 19.3 Å². The molecule has 0 spiro atoms. The van der Waals surface area contributed by atoms with E-state index in [-0.39, 0.29) is 0 Å². The van der Waals surface area contributed by atoms with E-state index in [4.69, 9.17) is 0 Å². The second-order valence-electron chi connectivity index (χ2n) is 4.34. The minimum Gasteiger partial charge on any atom is -0.308 e. The van der Waals surface area contributed by atoms with Crippen molar-refractivity contribution in [1.29, 1.82) is 0 Å². The molecule has 1 N–H and O–H groups in total. The van der Waals surface area contributed by atoms with Crippen molar-refractivity contribution in [3.63, 3.8) is 0 Å². The summed E-state index contributed by atoms with van der Waals surface area (Å²) in [5.41, 5.74) is 0. The van der Waals surface area contributed by atoms with Crippen LogP contribution in [0.2, 0.25) is 0 Å². The van der Waals surface area contributed by atoms with E-state index in [1.54, 1.807) is 0 Å². The first-order chi connectivity index (χ1) is 6.04. The molecule has 1 nitrogen and oxygen atoms in total. The first-order valence-corrected chi connectivity index (χ1v) is 4.82. The first kappa shape index (κ1) is 9.31. The van der Waals surface area contributed by atoms with Crippen LogP contribution in [0.4, 0.5) is 13.2 Å². The molecule has 4 heteroatoms. The Hall–Kier alpha value is -0.250. The lowest BCUT2D eigenvalue weighted by molar-refractivity contribution is -0.125. The van der Waals surface area contributed by atoms with Crippen LogP contribution in [0, 0.1) is 17.8 Å². The fraction of sp³-hybridized carbons (Fsp3) is 1.00. The van der Waals surface area contributed by atoms with Crippen molar-refractivity contribution in [3.8, 4) is 0 Å². The third kappa shape index (κ3) is 2.59. The molecule has 2 aliphatic rings. The van der Waals surface area contributed by atoms with Crippen molar-refractivity contribution < 1.29 is 13.2 Å². The second kappa shape index (κ2) is 3.15. The van der Waals surface area contributed by atoms with E-state index in [0.717, 1.165) is 24.7 Å². The van der Waals surface area contributed by atoms with Gasteiger partial charge in [-0.3, -0.25) is 0 Å². The van der Waals surface area contributed by atoms with Crippen LogP contribution in [0.5, 0.6) is 0 Å². The molecule has 0 aliphatic heterocycles. The highest BCUT2D eigenvalue weighted by Gasteiger charge is 2.45. The zero-order valence-electron chi connectivity index (χ0n) is 7.40. The van der Waals surface area contributed by atoms with Crippen molar-refractivity contribution in [1.82, 2.24) is 5.32 Å². The van der Waals surface area contributed by atoms with Gasteiger partial charge in [-0.25, -0.2) is 0 Å². The second-order valence-corrected chi connectivity index (χ2v) is 4.34. The van der Waals surface area contributed by atoms with Gasteiger partial charge in [0.15, 0.2) is 0 Å². The molecular weight excluding hydrogens is 179 g/mol. The van der Waals surface area contributed by atoms with Gasteiger partial charge in [0, 0.05) is 0 Å². The Morgan fingerprint density at radius 1 is 1.08 bits per heavy atom. The van der Waals surface area contributed by atoms with Gasteiger partial charge in [0.1, 0.15) is 0 Å². The van der Waals surface area contributed by atoms with Gasteiger partial charge in [-0.05, 0) is 43.6 Å². The number of halogens is 3. The van der Waals surface area contributed by atoms with E-state index in [0.29, 0.717) is 12.5 Å². The summed E-state index contributed by atoms with van der Waals surface area (Å²) in [6.07, 6.45) is -0.428. The molecule has 0 radical (unpaired) electrons. The molecule has 2 atom stereocenters. The van der Waals surface area contributed by atoms with Crippen LogP contribution in [0.3, 0.4) is 0 Å². The van der Waals surface area contributed by atoms with Gasteiger partial charge in [0.05, 0.1) is 6.54 Å². The average Bonchev–Trinajstić information content (AvgIpc) is 2.57. The number of hydrogen-bond donors (Lipinski definition) is 1. The minimum atomic E-state index is -4.05. The first-order valence-electron chi connectivity index (χ1n) is 4.82. The normalized spacial score (nSPS) is 37.6. The summed E-state index contributed by atoms with van der Waals surface area (Å²) in [5.74, 6) is 2.22. The van der Waals surface area contributed by atoms with Gasteiger partial charge in [0.2, 0.25) is 0 Å². The lowest BCUT2D eigenvalue weighted by Crippen LogP contribution is -2.32. The predicted octanol–water partition coefficient (Wildman–Crippen LogP) is 2.18. The van der Waals surface area contributed by atoms with E-state index in [9.17, 15) is 13.2 Å². The SMILES string of the molecule is FC(F)(F)CNCC1CC2CC2C1. The van der Waals surface area contributed by atoms with E-state index in [1.165, 1.54) is 6.42 Å². The maximum atomic E-state index is 11.8. The topological polar surface area (TPSA) is 12.0 Å². The van der Waals surface area contributed by atoms with Gasteiger partial charge in [-0.15, -0.1) is 0 Å². The predicted molar refractivity (Wildman–Crippen MR) is 43.2 cm³/mol. The van der Waals surface area contributed by atoms with E-state index in [1.807, 2.05) is 0 Å². The maximum absolute atomic E-state index is 11.8. The van der Waals surface area contributed by atoms with Crippen molar-refractivity contribution in [2.75, 3.05) is 13.1 Å². The van der Waals surface area contributed by atoms with Crippen LogP contribution >= 0.6 is 0 Å². The summed E-state index contributed by atoms with van der Waals surface area (Å²) in [6, 6.07) is 0. The Labute approximate surface area is 75.7 Å². The molecule has 2 saturated carbocycles. The zero-order valence-corrected chi connectivity index (χ0v) is 7.40. The maximum Gasteiger partial charge on any atom is 0.401 e. The van der Waals surface area contributed by atoms with Gasteiger partial charge in [-0.2, -0.15) is 13.2 Å². The smallest absolute Gasteiger partial charge is 0.308 e.